The molecule has 0 amide bonds. The summed E-state index contributed by atoms with van der Waals surface area (Å²) >= 11 is 1.55. The van der Waals surface area contributed by atoms with Gasteiger partial charge in [0.2, 0.25) is 0 Å². The van der Waals surface area contributed by atoms with E-state index >= 15 is 0 Å². The summed E-state index contributed by atoms with van der Waals surface area (Å²) in [7, 11) is 1.63. The van der Waals surface area contributed by atoms with Gasteiger partial charge in [0.25, 0.3) is 0 Å². The van der Waals surface area contributed by atoms with Gasteiger partial charge in [0.05, 0.1) is 6.61 Å². The number of carbonyl (C=O) groups is 1. The molecule has 1 aliphatic rings. The van der Waals surface area contributed by atoms with Crippen LogP contribution in [-0.2, 0) is 9.53 Å². The second-order valence-corrected chi connectivity index (χ2v) is 4.77. The van der Waals surface area contributed by atoms with Crippen molar-refractivity contribution in [1.82, 2.24) is 0 Å². The molecule has 0 aromatic rings. The van der Waals surface area contributed by atoms with Crippen LogP contribution in [0.5, 0.6) is 0 Å². The molecule has 0 aromatic carbocycles. The number of carboxylic acids is 1. The van der Waals surface area contributed by atoms with Gasteiger partial charge in [-0.15, -0.1) is 0 Å². The molecule has 0 spiro atoms. The largest absolute Gasteiger partial charge is 0.480 e. The summed E-state index contributed by atoms with van der Waals surface area (Å²) in [5, 5.41) is 9.03. The van der Waals surface area contributed by atoms with Crippen molar-refractivity contribution >= 4 is 17.7 Å². The standard InChI is InChI=1S/C9H17NO3S/c1-13-4-5-14-6-9(10,8(11)12)7-2-3-7/h7H,2-6,10H2,1H3,(H,11,12). The van der Waals surface area contributed by atoms with Gasteiger partial charge < -0.3 is 15.6 Å². The summed E-state index contributed by atoms with van der Waals surface area (Å²) in [6, 6.07) is 0. The third-order valence-electron chi connectivity index (χ3n) is 2.48. The van der Waals surface area contributed by atoms with Crippen molar-refractivity contribution in [2.45, 2.75) is 18.4 Å². The molecule has 3 N–H and O–H groups in total. The molecule has 5 heteroatoms. The Hall–Kier alpha value is -0.260. The minimum atomic E-state index is -1.02. The van der Waals surface area contributed by atoms with Crippen molar-refractivity contribution in [3.8, 4) is 0 Å². The van der Waals surface area contributed by atoms with Gasteiger partial charge in [0, 0.05) is 18.6 Å². The van der Waals surface area contributed by atoms with Gasteiger partial charge in [-0.25, -0.2) is 0 Å². The topological polar surface area (TPSA) is 72.5 Å². The Labute approximate surface area is 88.2 Å². The quantitative estimate of drug-likeness (QED) is 0.612. The highest BCUT2D eigenvalue weighted by molar-refractivity contribution is 7.99. The van der Waals surface area contributed by atoms with E-state index in [-0.39, 0.29) is 5.92 Å². The fourth-order valence-electron chi connectivity index (χ4n) is 1.34. The number of aliphatic carboxylic acids is 1. The highest BCUT2D eigenvalue weighted by Crippen LogP contribution is 2.40. The molecule has 0 aromatic heterocycles. The van der Waals surface area contributed by atoms with Crippen LogP contribution in [-0.4, -0.2) is 41.8 Å². The van der Waals surface area contributed by atoms with Gasteiger partial charge in [0.15, 0.2) is 0 Å². The normalized spacial score (nSPS) is 20.4. The third kappa shape index (κ3) is 2.87. The monoisotopic (exact) mass is 219 g/mol. The Morgan fingerprint density at radius 2 is 2.36 bits per heavy atom. The molecule has 1 aliphatic carbocycles. The molecule has 1 unspecified atom stereocenters. The maximum Gasteiger partial charge on any atom is 0.324 e. The van der Waals surface area contributed by atoms with Gasteiger partial charge in [-0.1, -0.05) is 0 Å². The van der Waals surface area contributed by atoms with Crippen LogP contribution >= 0.6 is 11.8 Å². The predicted octanol–water partition coefficient (Wildman–Crippen LogP) is 0.558. The molecule has 14 heavy (non-hydrogen) atoms. The summed E-state index contributed by atoms with van der Waals surface area (Å²) in [4.78, 5) is 11.0. The number of carboxylic acid groups (broad SMARTS) is 1. The van der Waals surface area contributed by atoms with Gasteiger partial charge in [-0.2, -0.15) is 11.8 Å². The fraction of sp³-hybridized carbons (Fsp3) is 0.889. The highest BCUT2D eigenvalue weighted by atomic mass is 32.2. The Bertz CT molecular complexity index is 208. The molecule has 0 saturated heterocycles. The molecule has 0 aliphatic heterocycles. The van der Waals surface area contributed by atoms with Gasteiger partial charge in [0.1, 0.15) is 5.54 Å². The Kier molecular flexibility index (Phi) is 4.22. The van der Waals surface area contributed by atoms with E-state index in [9.17, 15) is 4.79 Å². The zero-order valence-corrected chi connectivity index (χ0v) is 9.18. The van der Waals surface area contributed by atoms with Gasteiger partial charge in [-0.05, 0) is 18.8 Å². The van der Waals surface area contributed by atoms with Crippen LogP contribution in [0.4, 0.5) is 0 Å². The van der Waals surface area contributed by atoms with Crippen molar-refractivity contribution < 1.29 is 14.6 Å². The number of rotatable bonds is 7. The number of thioether (sulfide) groups is 1. The molecule has 1 fully saturated rings. The number of methoxy groups -OCH3 is 1. The van der Waals surface area contributed by atoms with Crippen LogP contribution in [0.3, 0.4) is 0 Å². The summed E-state index contributed by atoms with van der Waals surface area (Å²) in [6.45, 7) is 0.644. The average molecular weight is 219 g/mol. The van der Waals surface area contributed by atoms with Gasteiger partial charge in [-0.3, -0.25) is 4.79 Å². The van der Waals surface area contributed by atoms with Crippen molar-refractivity contribution in [2.75, 3.05) is 25.2 Å². The molecule has 1 atom stereocenters. The first-order valence-corrected chi connectivity index (χ1v) is 5.85. The molecular formula is C9H17NO3S. The average Bonchev–Trinajstić information content (AvgIpc) is 2.95. The molecule has 1 saturated carbocycles. The lowest BCUT2D eigenvalue weighted by Gasteiger charge is -2.23. The molecule has 0 radical (unpaired) electrons. The second-order valence-electron chi connectivity index (χ2n) is 3.67. The first-order valence-electron chi connectivity index (χ1n) is 4.70. The van der Waals surface area contributed by atoms with E-state index in [4.69, 9.17) is 15.6 Å². The summed E-state index contributed by atoms with van der Waals surface area (Å²) < 4.78 is 4.88. The Morgan fingerprint density at radius 3 is 2.79 bits per heavy atom. The van der Waals surface area contributed by atoms with Crippen molar-refractivity contribution in [3.05, 3.63) is 0 Å². The first kappa shape index (κ1) is 11.8. The van der Waals surface area contributed by atoms with Crippen LogP contribution in [0.25, 0.3) is 0 Å². The van der Waals surface area contributed by atoms with E-state index in [1.54, 1.807) is 18.9 Å². The first-order chi connectivity index (χ1) is 6.61. The van der Waals surface area contributed by atoms with Crippen molar-refractivity contribution in [3.63, 3.8) is 0 Å². The number of hydrogen-bond acceptors (Lipinski definition) is 4. The lowest BCUT2D eigenvalue weighted by Crippen LogP contribution is -2.52. The Balaban J connectivity index is 2.32. The second kappa shape index (κ2) is 5.00. The number of nitrogens with two attached hydrogens (primary N) is 1. The fourth-order valence-corrected chi connectivity index (χ4v) is 2.46. The zero-order chi connectivity index (χ0) is 10.6. The third-order valence-corrected chi connectivity index (χ3v) is 3.61. The van der Waals surface area contributed by atoms with Crippen LogP contribution < -0.4 is 5.73 Å². The van der Waals surface area contributed by atoms with Gasteiger partial charge >= 0.3 is 5.97 Å². The maximum absolute atomic E-state index is 11.0. The minimum Gasteiger partial charge on any atom is -0.480 e. The van der Waals surface area contributed by atoms with E-state index in [2.05, 4.69) is 0 Å². The van der Waals surface area contributed by atoms with Crippen LogP contribution in [0.15, 0.2) is 0 Å². The molecule has 0 bridgehead atoms. The van der Waals surface area contributed by atoms with E-state index in [0.717, 1.165) is 18.6 Å². The van der Waals surface area contributed by atoms with E-state index in [0.29, 0.717) is 12.4 Å². The smallest absolute Gasteiger partial charge is 0.324 e. The minimum absolute atomic E-state index is 0.176. The van der Waals surface area contributed by atoms with Crippen LogP contribution in [0.2, 0.25) is 0 Å². The van der Waals surface area contributed by atoms with E-state index in [1.807, 2.05) is 0 Å². The number of hydrogen-bond donors (Lipinski definition) is 2. The lowest BCUT2D eigenvalue weighted by molar-refractivity contribution is -0.143. The molecule has 0 heterocycles. The highest BCUT2D eigenvalue weighted by Gasteiger charge is 2.47. The molecule has 4 nitrogen and oxygen atoms in total. The SMILES string of the molecule is COCCSCC(N)(C(=O)O)C1CC1. The summed E-state index contributed by atoms with van der Waals surface area (Å²) in [6.07, 6.45) is 1.90. The molecular weight excluding hydrogens is 202 g/mol. The number of ether oxygens (including phenoxy) is 1. The Morgan fingerprint density at radius 1 is 1.71 bits per heavy atom. The zero-order valence-electron chi connectivity index (χ0n) is 8.36. The van der Waals surface area contributed by atoms with Crippen molar-refractivity contribution in [1.29, 1.82) is 0 Å². The van der Waals surface area contributed by atoms with E-state index in [1.165, 1.54) is 0 Å². The maximum atomic E-state index is 11.0. The van der Waals surface area contributed by atoms with Crippen LogP contribution in [0.1, 0.15) is 12.8 Å². The van der Waals surface area contributed by atoms with E-state index < -0.39 is 11.5 Å². The molecule has 1 rings (SSSR count). The summed E-state index contributed by atoms with van der Waals surface area (Å²) in [5.41, 5.74) is 4.85. The van der Waals surface area contributed by atoms with Crippen LogP contribution in [0, 0.1) is 5.92 Å². The predicted molar refractivity (Wildman–Crippen MR) is 56.5 cm³/mol. The van der Waals surface area contributed by atoms with Crippen molar-refractivity contribution in [2.24, 2.45) is 11.7 Å². The summed E-state index contributed by atoms with van der Waals surface area (Å²) in [5.74, 6) is 0.589. The lowest BCUT2D eigenvalue weighted by atomic mass is 9.98. The molecule has 82 valence electrons.